The number of anilines is 2. The second-order valence-corrected chi connectivity index (χ2v) is 9.18. The van der Waals surface area contributed by atoms with Gasteiger partial charge in [0.2, 0.25) is 5.91 Å². The molecule has 0 unspecified atom stereocenters. The Morgan fingerprint density at radius 2 is 2.06 bits per heavy atom. The van der Waals surface area contributed by atoms with E-state index < -0.39 is 11.9 Å². The van der Waals surface area contributed by atoms with Crippen molar-refractivity contribution in [1.82, 2.24) is 14.9 Å². The van der Waals surface area contributed by atoms with Gasteiger partial charge in [0.1, 0.15) is 5.82 Å². The lowest BCUT2D eigenvalue weighted by Gasteiger charge is -2.26. The number of morpholine rings is 1. The molecule has 0 spiro atoms. The third-order valence-electron chi connectivity index (χ3n) is 5.30. The fraction of sp³-hybridized carbons (Fsp3) is 0.348. The van der Waals surface area contributed by atoms with Gasteiger partial charge in [-0.15, -0.1) is 11.3 Å². The van der Waals surface area contributed by atoms with Gasteiger partial charge in [-0.05, 0) is 42.7 Å². The minimum absolute atomic E-state index is 0.389. The fourth-order valence-electron chi connectivity index (χ4n) is 3.64. The Labute approximate surface area is 191 Å². The van der Waals surface area contributed by atoms with Gasteiger partial charge in [-0.2, -0.15) is 0 Å². The summed E-state index contributed by atoms with van der Waals surface area (Å²) in [6.45, 7) is 6.17. The van der Waals surface area contributed by atoms with Crippen LogP contribution in [0.2, 0.25) is 0 Å². The monoisotopic (exact) mass is 452 g/mol. The van der Waals surface area contributed by atoms with Crippen LogP contribution in [0.5, 0.6) is 0 Å². The smallest absolute Gasteiger partial charge is 0.234 e. The number of pyridine rings is 1. The van der Waals surface area contributed by atoms with Crippen LogP contribution in [-0.2, 0) is 22.5 Å². The summed E-state index contributed by atoms with van der Waals surface area (Å²) in [6, 6.07) is 11.4. The molecule has 3 aromatic rings. The molecule has 32 heavy (non-hydrogen) atoms. The molecule has 1 aromatic carbocycles. The van der Waals surface area contributed by atoms with Gasteiger partial charge in [-0.25, -0.2) is 9.97 Å². The number of nitrogens with one attached hydrogen (secondary N) is 1. The summed E-state index contributed by atoms with van der Waals surface area (Å²) in [6.07, 6.45) is 2.23. The molecule has 1 fully saturated rings. The molecule has 2 aromatic heterocycles. The fourth-order valence-corrected chi connectivity index (χ4v) is 4.31. The Morgan fingerprint density at radius 3 is 2.78 bits per heavy atom. The second kappa shape index (κ2) is 10.2. The van der Waals surface area contributed by atoms with Gasteiger partial charge in [0.15, 0.2) is 5.13 Å². The van der Waals surface area contributed by atoms with E-state index in [1.54, 1.807) is 11.3 Å². The van der Waals surface area contributed by atoms with Crippen LogP contribution in [0.25, 0.3) is 11.3 Å². The first-order chi connectivity index (χ1) is 15.5. The topological polar surface area (TPSA) is 119 Å². The van der Waals surface area contributed by atoms with Gasteiger partial charge in [0.25, 0.3) is 0 Å². The van der Waals surface area contributed by atoms with Gasteiger partial charge in [0.05, 0.1) is 24.9 Å². The van der Waals surface area contributed by atoms with Crippen LogP contribution in [0.1, 0.15) is 16.0 Å². The summed E-state index contributed by atoms with van der Waals surface area (Å²) in [5.41, 5.74) is 15.1. The lowest BCUT2D eigenvalue weighted by atomic mass is 10.0. The van der Waals surface area contributed by atoms with Crippen molar-refractivity contribution in [2.24, 2.45) is 11.5 Å². The van der Waals surface area contributed by atoms with Crippen LogP contribution in [0.4, 0.5) is 10.9 Å². The molecule has 1 aliphatic rings. The quantitative estimate of drug-likeness (QED) is 0.480. The number of ether oxygens (including phenoxy) is 1. The van der Waals surface area contributed by atoms with Gasteiger partial charge >= 0.3 is 0 Å². The average Bonchev–Trinajstić information content (AvgIpc) is 3.19. The molecule has 8 nitrogen and oxygen atoms in total. The molecule has 1 amide bonds. The number of aryl methyl sites for hydroxylation is 1. The Morgan fingerprint density at radius 1 is 1.25 bits per heavy atom. The molecule has 4 rings (SSSR count). The molecule has 0 bridgehead atoms. The van der Waals surface area contributed by atoms with Crippen LogP contribution in [0.3, 0.4) is 0 Å². The van der Waals surface area contributed by atoms with Crippen molar-refractivity contribution in [2.75, 3.05) is 31.6 Å². The van der Waals surface area contributed by atoms with Crippen LogP contribution in [0.15, 0.2) is 42.6 Å². The maximum Gasteiger partial charge on any atom is 0.234 e. The first-order valence-electron chi connectivity index (χ1n) is 10.6. The molecule has 0 radical (unpaired) electrons. The summed E-state index contributed by atoms with van der Waals surface area (Å²) in [5.74, 6) is 0.241. The van der Waals surface area contributed by atoms with E-state index in [0.29, 0.717) is 6.42 Å². The molecule has 1 aliphatic heterocycles. The molecule has 1 saturated heterocycles. The molecule has 0 saturated carbocycles. The number of primary amides is 1. The Hall–Kier alpha value is -2.85. The van der Waals surface area contributed by atoms with Crippen molar-refractivity contribution in [1.29, 1.82) is 0 Å². The van der Waals surface area contributed by atoms with Crippen LogP contribution < -0.4 is 16.8 Å². The highest BCUT2D eigenvalue weighted by Crippen LogP contribution is 2.27. The maximum absolute atomic E-state index is 11.4. The first kappa shape index (κ1) is 22.3. The van der Waals surface area contributed by atoms with Crippen molar-refractivity contribution in [3.8, 4) is 11.3 Å². The predicted molar refractivity (Wildman–Crippen MR) is 127 cm³/mol. The highest BCUT2D eigenvalue weighted by atomic mass is 32.1. The number of aromatic nitrogens is 2. The third kappa shape index (κ3) is 5.89. The summed E-state index contributed by atoms with van der Waals surface area (Å²) in [4.78, 5) is 24.1. The number of benzene rings is 1. The number of amides is 1. The minimum atomic E-state index is -0.712. The van der Waals surface area contributed by atoms with E-state index in [4.69, 9.17) is 21.2 Å². The number of nitrogens with two attached hydrogens (primary N) is 2. The van der Waals surface area contributed by atoms with Crippen LogP contribution >= 0.6 is 11.3 Å². The Balaban J connectivity index is 1.64. The Kier molecular flexibility index (Phi) is 7.11. The standard InChI is InChI=1S/C23H28N6O2S/c1-15-13-26-23(32-15)28-21-12-17(14-29-5-7-31-8-6-29)11-20(27-21)18-4-2-3-16(9-18)10-19(24)22(25)30/h2-4,9,11-13,19H,5-8,10,14,24H2,1H3,(H2,25,30)(H,26,27,28)/t19-/m0/s1. The predicted octanol–water partition coefficient (Wildman–Crippen LogP) is 2.44. The molecule has 1 atom stereocenters. The van der Waals surface area contributed by atoms with E-state index in [-0.39, 0.29) is 0 Å². The van der Waals surface area contributed by atoms with Crippen LogP contribution in [0, 0.1) is 6.92 Å². The second-order valence-electron chi connectivity index (χ2n) is 7.95. The summed E-state index contributed by atoms with van der Waals surface area (Å²) in [5, 5.41) is 4.16. The summed E-state index contributed by atoms with van der Waals surface area (Å²) < 4.78 is 5.48. The highest BCUT2D eigenvalue weighted by Gasteiger charge is 2.15. The third-order valence-corrected chi connectivity index (χ3v) is 6.12. The lowest BCUT2D eigenvalue weighted by molar-refractivity contribution is -0.119. The van der Waals surface area contributed by atoms with Crippen molar-refractivity contribution < 1.29 is 9.53 Å². The largest absolute Gasteiger partial charge is 0.379 e. The normalized spacial score (nSPS) is 15.4. The zero-order valence-electron chi connectivity index (χ0n) is 18.1. The first-order valence-corrected chi connectivity index (χ1v) is 11.4. The number of rotatable bonds is 8. The molecule has 5 N–H and O–H groups in total. The van der Waals surface area contributed by atoms with E-state index in [0.717, 1.165) is 71.1 Å². The van der Waals surface area contributed by atoms with Crippen molar-refractivity contribution >= 4 is 28.2 Å². The van der Waals surface area contributed by atoms with Crippen molar-refractivity contribution in [3.63, 3.8) is 0 Å². The van der Waals surface area contributed by atoms with Crippen molar-refractivity contribution in [3.05, 3.63) is 58.6 Å². The number of nitrogens with zero attached hydrogens (tertiary/aromatic N) is 3. The van der Waals surface area contributed by atoms with E-state index >= 15 is 0 Å². The highest BCUT2D eigenvalue weighted by molar-refractivity contribution is 7.15. The molecular formula is C23H28N6O2S. The number of carbonyl (C=O) groups excluding carboxylic acids is 1. The molecule has 3 heterocycles. The van der Waals surface area contributed by atoms with E-state index in [1.807, 2.05) is 37.4 Å². The number of hydrogen-bond acceptors (Lipinski definition) is 8. The lowest BCUT2D eigenvalue weighted by Crippen LogP contribution is -2.38. The van der Waals surface area contributed by atoms with E-state index in [1.165, 1.54) is 0 Å². The van der Waals surface area contributed by atoms with Crippen LogP contribution in [-0.4, -0.2) is 53.1 Å². The number of carbonyl (C=O) groups is 1. The molecule has 0 aliphatic carbocycles. The van der Waals surface area contributed by atoms with Gasteiger partial charge < -0.3 is 21.5 Å². The van der Waals surface area contributed by atoms with Gasteiger partial charge in [0, 0.05) is 36.3 Å². The molecule has 9 heteroatoms. The zero-order valence-corrected chi connectivity index (χ0v) is 18.9. The summed E-state index contributed by atoms with van der Waals surface area (Å²) in [7, 11) is 0. The molecular weight excluding hydrogens is 424 g/mol. The van der Waals surface area contributed by atoms with E-state index in [9.17, 15) is 4.79 Å². The molecule has 168 valence electrons. The SMILES string of the molecule is Cc1cnc(Nc2cc(CN3CCOCC3)cc(-c3cccc(C[C@H](N)C(N)=O)c3)n2)s1. The van der Waals surface area contributed by atoms with Crippen molar-refractivity contribution in [2.45, 2.75) is 25.9 Å². The minimum Gasteiger partial charge on any atom is -0.379 e. The average molecular weight is 453 g/mol. The summed E-state index contributed by atoms with van der Waals surface area (Å²) >= 11 is 1.59. The van der Waals surface area contributed by atoms with E-state index in [2.05, 4.69) is 27.3 Å². The van der Waals surface area contributed by atoms with Gasteiger partial charge in [-0.1, -0.05) is 18.2 Å². The van der Waals surface area contributed by atoms with Gasteiger partial charge in [-0.3, -0.25) is 9.69 Å². The maximum atomic E-state index is 11.4. The number of hydrogen-bond donors (Lipinski definition) is 3. The zero-order chi connectivity index (χ0) is 22.5. The number of thiazole rings is 1. The Bertz CT molecular complexity index is 1080.